The number of benzene rings is 1. The number of likely N-dealkylation sites (tertiary alicyclic amines) is 1. The molecule has 3 atom stereocenters. The summed E-state index contributed by atoms with van der Waals surface area (Å²) >= 11 is 0. The molecule has 4 fully saturated rings. The van der Waals surface area contributed by atoms with Crippen molar-refractivity contribution in [2.45, 2.75) is 69.8 Å². The minimum atomic E-state index is 0.0259. The van der Waals surface area contributed by atoms with Gasteiger partial charge in [0, 0.05) is 56.0 Å². The van der Waals surface area contributed by atoms with E-state index in [2.05, 4.69) is 21.3 Å². The number of methoxy groups -OCH3 is 2. The summed E-state index contributed by atoms with van der Waals surface area (Å²) < 4.78 is 16.3. The van der Waals surface area contributed by atoms with Crippen molar-refractivity contribution in [2.75, 3.05) is 20.8 Å². The number of nitrogens with zero attached hydrogens (tertiary/aromatic N) is 5. The number of rotatable bonds is 8. The zero-order chi connectivity index (χ0) is 27.8. The molecule has 4 aliphatic rings. The fourth-order valence-electron chi connectivity index (χ4n) is 7.62. The van der Waals surface area contributed by atoms with Gasteiger partial charge in [0.15, 0.2) is 5.82 Å². The minimum Gasteiger partial charge on any atom is -0.494 e. The molecule has 2 bridgehead atoms. The van der Waals surface area contributed by atoms with Gasteiger partial charge in [-0.2, -0.15) is 0 Å². The maximum atomic E-state index is 13.8. The van der Waals surface area contributed by atoms with Gasteiger partial charge in [0.25, 0.3) is 5.91 Å². The zero-order valence-corrected chi connectivity index (χ0v) is 23.8. The third-order valence-corrected chi connectivity index (χ3v) is 10.2. The molecule has 3 saturated carbocycles. The summed E-state index contributed by atoms with van der Waals surface area (Å²) in [7, 11) is 3.48. The highest BCUT2D eigenvalue weighted by atomic mass is 16.5. The number of hydrogen-bond acceptors (Lipinski definition) is 6. The summed E-state index contributed by atoms with van der Waals surface area (Å²) in [5.41, 5.74) is 10.9. The first-order valence-electron chi connectivity index (χ1n) is 15.1. The van der Waals surface area contributed by atoms with Gasteiger partial charge in [-0.1, -0.05) is 0 Å². The van der Waals surface area contributed by atoms with Crippen molar-refractivity contribution in [2.24, 2.45) is 23.5 Å². The van der Waals surface area contributed by atoms with Gasteiger partial charge in [-0.25, -0.2) is 9.97 Å². The average Bonchev–Trinajstić information content (AvgIpc) is 3.32. The highest BCUT2D eigenvalue weighted by Gasteiger charge is 2.47. The van der Waals surface area contributed by atoms with Crippen LogP contribution in [0.5, 0.6) is 5.75 Å². The van der Waals surface area contributed by atoms with E-state index in [0.29, 0.717) is 35.2 Å². The molecule has 214 valence electrons. The second kappa shape index (κ2) is 9.56. The molecule has 4 aromatic rings. The monoisotopic (exact) mass is 554 g/mol. The lowest BCUT2D eigenvalue weighted by Gasteiger charge is -2.34. The Labute approximate surface area is 239 Å². The van der Waals surface area contributed by atoms with E-state index in [0.717, 1.165) is 78.9 Å². The van der Waals surface area contributed by atoms with Crippen LogP contribution in [0.2, 0.25) is 0 Å². The Hall–Kier alpha value is -3.43. The van der Waals surface area contributed by atoms with Crippen molar-refractivity contribution in [3.8, 4) is 17.3 Å². The minimum absolute atomic E-state index is 0.0259. The molecule has 2 N–H and O–H groups in total. The van der Waals surface area contributed by atoms with Crippen LogP contribution in [-0.2, 0) is 17.8 Å². The van der Waals surface area contributed by atoms with Gasteiger partial charge in [-0.05, 0) is 86.6 Å². The summed E-state index contributed by atoms with van der Waals surface area (Å²) in [4.78, 5) is 25.8. The lowest BCUT2D eigenvalue weighted by molar-refractivity contribution is -0.00392. The van der Waals surface area contributed by atoms with Crippen LogP contribution >= 0.6 is 0 Å². The smallest absolute Gasteiger partial charge is 0.254 e. The maximum Gasteiger partial charge on any atom is 0.254 e. The van der Waals surface area contributed by atoms with E-state index in [4.69, 9.17) is 25.2 Å². The SMILES string of the molecule is COc1cc(C(=O)N2CC3CCC2C3N)cc2nc(-c3cc4cccnc4n3CC3CC3)n(CC3CC(OC)C3)c12. The fourth-order valence-corrected chi connectivity index (χ4v) is 7.62. The largest absolute Gasteiger partial charge is 0.494 e. The highest BCUT2D eigenvalue weighted by Crippen LogP contribution is 2.41. The van der Waals surface area contributed by atoms with Crippen LogP contribution in [0.4, 0.5) is 0 Å². The molecule has 3 unspecified atom stereocenters. The number of nitrogens with two attached hydrogens (primary N) is 1. The van der Waals surface area contributed by atoms with Gasteiger partial charge in [-0.3, -0.25) is 4.79 Å². The molecule has 1 aliphatic heterocycles. The van der Waals surface area contributed by atoms with E-state index in [1.165, 1.54) is 12.8 Å². The summed E-state index contributed by atoms with van der Waals surface area (Å²) in [6.45, 7) is 2.49. The molecular formula is C32H38N6O3. The molecule has 0 spiro atoms. The first-order chi connectivity index (χ1) is 20.0. The molecule has 3 aromatic heterocycles. The van der Waals surface area contributed by atoms with Crippen LogP contribution in [0.1, 0.15) is 48.9 Å². The fraction of sp³-hybridized carbons (Fsp3) is 0.531. The Morgan fingerprint density at radius 3 is 2.59 bits per heavy atom. The van der Waals surface area contributed by atoms with E-state index in [1.807, 2.05) is 29.3 Å². The molecule has 8 rings (SSSR count). The third kappa shape index (κ3) is 4.07. The van der Waals surface area contributed by atoms with Crippen molar-refractivity contribution >= 4 is 28.0 Å². The molecule has 9 nitrogen and oxygen atoms in total. The van der Waals surface area contributed by atoms with Gasteiger partial charge >= 0.3 is 0 Å². The van der Waals surface area contributed by atoms with Crippen LogP contribution in [0.25, 0.3) is 33.6 Å². The second-order valence-electron chi connectivity index (χ2n) is 12.7. The van der Waals surface area contributed by atoms with Gasteiger partial charge < -0.3 is 29.2 Å². The Kier molecular flexibility index (Phi) is 5.90. The van der Waals surface area contributed by atoms with Gasteiger partial charge in [0.2, 0.25) is 0 Å². The number of carbonyl (C=O) groups excluding carboxylic acids is 1. The lowest BCUT2D eigenvalue weighted by Crippen LogP contribution is -2.41. The third-order valence-electron chi connectivity index (χ3n) is 10.2. The predicted octanol–water partition coefficient (Wildman–Crippen LogP) is 4.46. The standard InChI is InChI=1S/C32H38N6O3/c1-40-23-10-19(11-23)16-38-29-24(12-22(14-27(29)41-2)32(39)37-17-21-7-8-25(37)28(21)33)35-31(38)26-13-20-4-3-9-34-30(20)36(26)15-18-5-6-18/h3-4,9,12-14,18-19,21,23,25,28H,5-8,10-11,15-17,33H2,1-2H3. The number of ether oxygens (including phenoxy) is 2. The molecule has 4 heterocycles. The quantitative estimate of drug-likeness (QED) is 0.345. The number of imidazole rings is 1. The normalized spacial score (nSPS) is 27.2. The first kappa shape index (κ1) is 25.3. The maximum absolute atomic E-state index is 13.8. The van der Waals surface area contributed by atoms with Gasteiger partial charge in [0.05, 0.1) is 24.4 Å². The summed E-state index contributed by atoms with van der Waals surface area (Å²) in [5, 5.41) is 1.12. The molecule has 1 saturated heterocycles. The Bertz CT molecular complexity index is 1650. The zero-order valence-electron chi connectivity index (χ0n) is 23.8. The van der Waals surface area contributed by atoms with Crippen molar-refractivity contribution in [1.82, 2.24) is 24.0 Å². The van der Waals surface area contributed by atoms with Gasteiger partial charge in [-0.15, -0.1) is 0 Å². The number of fused-ring (bicyclic) bond motifs is 4. The van der Waals surface area contributed by atoms with Crippen LogP contribution in [0.3, 0.4) is 0 Å². The number of piperidine rings is 1. The van der Waals surface area contributed by atoms with E-state index >= 15 is 0 Å². The van der Waals surface area contributed by atoms with Crippen molar-refractivity contribution in [1.29, 1.82) is 0 Å². The number of carbonyl (C=O) groups is 1. The van der Waals surface area contributed by atoms with Crippen LogP contribution < -0.4 is 10.5 Å². The van der Waals surface area contributed by atoms with Crippen LogP contribution in [0.15, 0.2) is 36.5 Å². The highest BCUT2D eigenvalue weighted by molar-refractivity contribution is 6.00. The lowest BCUT2D eigenvalue weighted by atomic mass is 9.82. The number of hydrogen-bond donors (Lipinski definition) is 1. The van der Waals surface area contributed by atoms with Gasteiger partial charge in [0.1, 0.15) is 16.9 Å². The predicted molar refractivity (Wildman–Crippen MR) is 157 cm³/mol. The molecular weight excluding hydrogens is 516 g/mol. The summed E-state index contributed by atoms with van der Waals surface area (Å²) in [6, 6.07) is 10.4. The van der Waals surface area contributed by atoms with E-state index in [-0.39, 0.29) is 18.0 Å². The second-order valence-corrected chi connectivity index (χ2v) is 12.7. The molecule has 1 aromatic carbocycles. The topological polar surface area (TPSA) is 100 Å². The van der Waals surface area contributed by atoms with Crippen LogP contribution in [0, 0.1) is 17.8 Å². The molecule has 9 heteroatoms. The number of amides is 1. The molecule has 41 heavy (non-hydrogen) atoms. The first-order valence-corrected chi connectivity index (χ1v) is 15.1. The summed E-state index contributed by atoms with van der Waals surface area (Å²) in [6.07, 6.45) is 8.85. The van der Waals surface area contributed by atoms with Crippen LogP contribution in [-0.4, -0.2) is 68.9 Å². The van der Waals surface area contributed by atoms with Crippen molar-refractivity contribution < 1.29 is 14.3 Å². The Morgan fingerprint density at radius 2 is 1.88 bits per heavy atom. The van der Waals surface area contributed by atoms with Crippen molar-refractivity contribution in [3.63, 3.8) is 0 Å². The molecule has 0 radical (unpaired) electrons. The Morgan fingerprint density at radius 1 is 1.05 bits per heavy atom. The Balaban J connectivity index is 1.27. The number of aromatic nitrogens is 4. The van der Waals surface area contributed by atoms with Crippen molar-refractivity contribution in [3.05, 3.63) is 42.1 Å². The van der Waals surface area contributed by atoms with E-state index in [1.54, 1.807) is 14.2 Å². The molecule has 1 amide bonds. The summed E-state index contributed by atoms with van der Waals surface area (Å²) in [5.74, 6) is 3.19. The molecule has 3 aliphatic carbocycles. The number of pyridine rings is 1. The van der Waals surface area contributed by atoms with E-state index in [9.17, 15) is 4.79 Å². The van der Waals surface area contributed by atoms with E-state index < -0.39 is 0 Å². The average molecular weight is 555 g/mol.